The van der Waals surface area contributed by atoms with Gasteiger partial charge in [-0.3, -0.25) is 9.69 Å². The zero-order valence-electron chi connectivity index (χ0n) is 14.8. The van der Waals surface area contributed by atoms with Crippen LogP contribution in [0.3, 0.4) is 0 Å². The number of aromatic nitrogens is 2. The summed E-state index contributed by atoms with van der Waals surface area (Å²) in [5.41, 5.74) is -0.654. The van der Waals surface area contributed by atoms with Gasteiger partial charge in [-0.2, -0.15) is 0 Å². The number of rotatable bonds is 4. The van der Waals surface area contributed by atoms with E-state index in [4.69, 9.17) is 0 Å². The lowest BCUT2D eigenvalue weighted by atomic mass is 9.88. The molecule has 0 spiro atoms. The van der Waals surface area contributed by atoms with Crippen LogP contribution in [-0.2, 0) is 4.79 Å². The Morgan fingerprint density at radius 2 is 1.92 bits per heavy atom. The van der Waals surface area contributed by atoms with Gasteiger partial charge in [0.1, 0.15) is 0 Å². The molecule has 7 heteroatoms. The summed E-state index contributed by atoms with van der Waals surface area (Å²) in [6.07, 6.45) is 5.72. The van der Waals surface area contributed by atoms with Gasteiger partial charge in [-0.05, 0) is 24.8 Å². The molecule has 2 atom stereocenters. The van der Waals surface area contributed by atoms with Crippen LogP contribution >= 0.6 is 0 Å². The van der Waals surface area contributed by atoms with E-state index in [0.29, 0.717) is 25.6 Å². The van der Waals surface area contributed by atoms with E-state index in [0.717, 1.165) is 45.0 Å². The molecule has 0 unspecified atom stereocenters. The summed E-state index contributed by atoms with van der Waals surface area (Å²) in [5.74, 6) is 1.48. The molecule has 1 N–H and O–H groups in total. The van der Waals surface area contributed by atoms with Crippen molar-refractivity contribution in [1.29, 1.82) is 0 Å². The van der Waals surface area contributed by atoms with Crippen molar-refractivity contribution in [1.82, 2.24) is 19.8 Å². The second-order valence-corrected chi connectivity index (χ2v) is 7.75. The van der Waals surface area contributed by atoms with Crippen molar-refractivity contribution in [2.24, 2.45) is 11.8 Å². The Balaban J connectivity index is 1.28. The highest BCUT2D eigenvalue weighted by molar-refractivity contribution is 5.78. The summed E-state index contributed by atoms with van der Waals surface area (Å²) < 4.78 is 0. The number of nitrogens with zero attached hydrogens (tertiary/aromatic N) is 5. The van der Waals surface area contributed by atoms with Gasteiger partial charge in [0.15, 0.2) is 0 Å². The van der Waals surface area contributed by atoms with Gasteiger partial charge in [0.05, 0.1) is 18.7 Å². The van der Waals surface area contributed by atoms with Crippen LogP contribution in [-0.4, -0.2) is 82.2 Å². The molecule has 1 aliphatic carbocycles. The number of aliphatic hydroxyl groups is 1. The van der Waals surface area contributed by atoms with Gasteiger partial charge in [-0.25, -0.2) is 9.97 Å². The SMILES string of the molecule is C[C@@H]1CN(C(=O)CN2CCN(c3ncccn3)CC2)C[C@@]1(O)C1CC1. The Morgan fingerprint density at radius 3 is 2.56 bits per heavy atom. The Labute approximate surface area is 148 Å². The fourth-order valence-corrected chi connectivity index (χ4v) is 4.17. The molecule has 3 aliphatic rings. The van der Waals surface area contributed by atoms with E-state index < -0.39 is 5.60 Å². The van der Waals surface area contributed by atoms with Crippen LogP contribution in [0.1, 0.15) is 19.8 Å². The van der Waals surface area contributed by atoms with Crippen molar-refractivity contribution in [3.8, 4) is 0 Å². The lowest BCUT2D eigenvalue weighted by Gasteiger charge is -2.35. The number of hydrogen-bond donors (Lipinski definition) is 1. The molecule has 4 rings (SSSR count). The van der Waals surface area contributed by atoms with Gasteiger partial charge < -0.3 is 14.9 Å². The van der Waals surface area contributed by atoms with Crippen molar-refractivity contribution in [3.63, 3.8) is 0 Å². The standard InChI is InChI=1S/C18H27N5O2/c1-14-11-23(13-18(14,25)15-3-4-15)16(24)12-21-7-9-22(10-8-21)17-19-5-2-6-20-17/h2,5-6,14-15,25H,3-4,7-13H2,1H3/t14-,18+/m1/s1. The minimum absolute atomic E-state index is 0.146. The summed E-state index contributed by atoms with van der Waals surface area (Å²) in [6, 6.07) is 1.82. The van der Waals surface area contributed by atoms with Crippen molar-refractivity contribution in [3.05, 3.63) is 18.5 Å². The van der Waals surface area contributed by atoms with Crippen molar-refractivity contribution in [2.45, 2.75) is 25.4 Å². The van der Waals surface area contributed by atoms with E-state index >= 15 is 0 Å². The molecular weight excluding hydrogens is 318 g/mol. The minimum atomic E-state index is -0.654. The minimum Gasteiger partial charge on any atom is -0.387 e. The molecule has 3 fully saturated rings. The second kappa shape index (κ2) is 6.53. The topological polar surface area (TPSA) is 72.8 Å². The van der Waals surface area contributed by atoms with Gasteiger partial charge in [-0.1, -0.05) is 6.92 Å². The number of piperazine rings is 1. The third-order valence-electron chi connectivity index (χ3n) is 5.99. The predicted molar refractivity (Wildman–Crippen MR) is 94.1 cm³/mol. The Hall–Kier alpha value is -1.73. The predicted octanol–water partition coefficient (Wildman–Crippen LogP) is 0.218. The molecule has 0 radical (unpaired) electrons. The maximum Gasteiger partial charge on any atom is 0.236 e. The quantitative estimate of drug-likeness (QED) is 0.842. The largest absolute Gasteiger partial charge is 0.387 e. The summed E-state index contributed by atoms with van der Waals surface area (Å²) >= 11 is 0. The molecule has 25 heavy (non-hydrogen) atoms. The molecular formula is C18H27N5O2. The molecule has 7 nitrogen and oxygen atoms in total. The summed E-state index contributed by atoms with van der Waals surface area (Å²) in [4.78, 5) is 27.5. The Kier molecular flexibility index (Phi) is 4.37. The number of likely N-dealkylation sites (tertiary alicyclic amines) is 1. The normalized spacial score (nSPS) is 30.7. The third-order valence-corrected chi connectivity index (χ3v) is 5.99. The summed E-state index contributed by atoms with van der Waals surface area (Å²) in [5, 5.41) is 10.9. The van der Waals surface area contributed by atoms with Crippen molar-refractivity contribution < 1.29 is 9.90 Å². The van der Waals surface area contributed by atoms with Crippen LogP contribution in [0, 0.1) is 11.8 Å². The molecule has 1 aromatic rings. The monoisotopic (exact) mass is 345 g/mol. The van der Waals surface area contributed by atoms with Gasteiger partial charge >= 0.3 is 0 Å². The fourth-order valence-electron chi connectivity index (χ4n) is 4.17. The first-order valence-electron chi connectivity index (χ1n) is 9.31. The lowest BCUT2D eigenvalue weighted by molar-refractivity contribution is -0.132. The van der Waals surface area contributed by atoms with Gasteiger partial charge in [-0.15, -0.1) is 0 Å². The number of hydrogen-bond acceptors (Lipinski definition) is 6. The number of anilines is 1. The zero-order chi connectivity index (χ0) is 17.4. The Bertz CT molecular complexity index is 615. The van der Waals surface area contributed by atoms with Gasteiger partial charge in [0, 0.05) is 51.0 Å². The highest BCUT2D eigenvalue weighted by Gasteiger charge is 2.53. The van der Waals surface area contributed by atoms with Crippen LogP contribution in [0.15, 0.2) is 18.5 Å². The van der Waals surface area contributed by atoms with Crippen LogP contribution in [0.4, 0.5) is 5.95 Å². The molecule has 1 aromatic heterocycles. The highest BCUT2D eigenvalue weighted by Crippen LogP contribution is 2.46. The number of amides is 1. The molecule has 0 bridgehead atoms. The number of carbonyl (C=O) groups is 1. The third kappa shape index (κ3) is 3.35. The van der Waals surface area contributed by atoms with E-state index in [1.54, 1.807) is 12.4 Å². The van der Waals surface area contributed by atoms with Gasteiger partial charge in [0.25, 0.3) is 0 Å². The van der Waals surface area contributed by atoms with E-state index in [1.807, 2.05) is 11.0 Å². The van der Waals surface area contributed by atoms with Crippen molar-refractivity contribution >= 4 is 11.9 Å². The van der Waals surface area contributed by atoms with Crippen LogP contribution in [0.25, 0.3) is 0 Å². The van der Waals surface area contributed by atoms with Crippen molar-refractivity contribution in [2.75, 3.05) is 50.7 Å². The van der Waals surface area contributed by atoms with Gasteiger partial charge in [0.2, 0.25) is 11.9 Å². The summed E-state index contributed by atoms with van der Waals surface area (Å²) in [6.45, 7) is 7.04. The first-order valence-corrected chi connectivity index (χ1v) is 9.31. The molecule has 2 aliphatic heterocycles. The lowest BCUT2D eigenvalue weighted by Crippen LogP contribution is -2.50. The number of β-amino-alcohol motifs (C(OH)–C–C–N with tert-alkyl or cyclic N) is 1. The first kappa shape index (κ1) is 16.7. The maximum atomic E-state index is 12.7. The average molecular weight is 345 g/mol. The molecule has 1 amide bonds. The van der Waals surface area contributed by atoms with E-state index in [1.165, 1.54) is 0 Å². The summed E-state index contributed by atoms with van der Waals surface area (Å²) in [7, 11) is 0. The second-order valence-electron chi connectivity index (χ2n) is 7.75. The molecule has 1 saturated carbocycles. The van der Waals surface area contributed by atoms with Crippen LogP contribution in [0.2, 0.25) is 0 Å². The molecule has 0 aromatic carbocycles. The molecule has 2 saturated heterocycles. The van der Waals surface area contributed by atoms with Crippen LogP contribution < -0.4 is 4.90 Å². The average Bonchev–Trinajstić information content (AvgIpc) is 3.44. The highest BCUT2D eigenvalue weighted by atomic mass is 16.3. The molecule has 3 heterocycles. The van der Waals surface area contributed by atoms with E-state index in [9.17, 15) is 9.90 Å². The molecule has 136 valence electrons. The number of carbonyl (C=O) groups excluding carboxylic acids is 1. The first-order chi connectivity index (χ1) is 12.1. The zero-order valence-corrected chi connectivity index (χ0v) is 14.8. The smallest absolute Gasteiger partial charge is 0.236 e. The Morgan fingerprint density at radius 1 is 1.24 bits per heavy atom. The van der Waals surface area contributed by atoms with E-state index in [-0.39, 0.29) is 11.8 Å². The fraction of sp³-hybridized carbons (Fsp3) is 0.722. The van der Waals surface area contributed by atoms with Crippen LogP contribution in [0.5, 0.6) is 0 Å². The maximum absolute atomic E-state index is 12.7. The van der Waals surface area contributed by atoms with E-state index in [2.05, 4.69) is 26.7 Å².